The fraction of sp³-hybridized carbons (Fsp3) is 0.600. The van der Waals surface area contributed by atoms with Crippen molar-refractivity contribution in [2.75, 3.05) is 0 Å². The van der Waals surface area contributed by atoms with Crippen LogP contribution in [0, 0.1) is 5.92 Å². The Bertz CT molecular complexity index is 392. The van der Waals surface area contributed by atoms with Crippen LogP contribution in [0.15, 0.2) is 22.2 Å². The number of hydrogen-bond acceptors (Lipinski definition) is 4. The van der Waals surface area contributed by atoms with Gasteiger partial charge in [-0.1, -0.05) is 18.7 Å². The van der Waals surface area contributed by atoms with Crippen LogP contribution in [0.5, 0.6) is 0 Å². The topological polar surface area (TPSA) is 71.8 Å². The number of nitrogens with one attached hydrogen (secondary N) is 1. The highest BCUT2D eigenvalue weighted by molar-refractivity contribution is 7.99. The minimum absolute atomic E-state index is 0.0950. The van der Waals surface area contributed by atoms with Gasteiger partial charge < -0.3 is 10.7 Å². The minimum Gasteiger partial charge on any atom is -0.327 e. The molecule has 1 aliphatic rings. The second-order valence-electron chi connectivity index (χ2n) is 4.00. The molecule has 15 heavy (non-hydrogen) atoms. The van der Waals surface area contributed by atoms with Gasteiger partial charge >= 0.3 is 0 Å². The number of nitrogens with zero attached hydrogens (tertiary/aromatic N) is 1. The van der Waals surface area contributed by atoms with Gasteiger partial charge in [-0.25, -0.2) is 4.98 Å². The Morgan fingerprint density at radius 2 is 2.40 bits per heavy atom. The van der Waals surface area contributed by atoms with Gasteiger partial charge in [0.05, 0.1) is 0 Å². The molecule has 4 nitrogen and oxygen atoms in total. The molecule has 2 rings (SSSR count). The summed E-state index contributed by atoms with van der Waals surface area (Å²) < 4.78 is 0. The molecule has 1 aliphatic carbocycles. The van der Waals surface area contributed by atoms with E-state index in [4.69, 9.17) is 5.73 Å². The lowest BCUT2D eigenvalue weighted by Gasteiger charge is -2.16. The van der Waals surface area contributed by atoms with Gasteiger partial charge in [0.15, 0.2) is 5.16 Å². The monoisotopic (exact) mass is 225 g/mol. The van der Waals surface area contributed by atoms with Crippen molar-refractivity contribution in [2.24, 2.45) is 11.7 Å². The van der Waals surface area contributed by atoms with Crippen LogP contribution < -0.4 is 11.3 Å². The SMILES string of the molecule is CC1C(N)CCC1Sc1nccc(=O)[nH]1. The van der Waals surface area contributed by atoms with Crippen LogP contribution >= 0.6 is 11.8 Å². The van der Waals surface area contributed by atoms with Crippen LogP contribution in [0.4, 0.5) is 0 Å². The average molecular weight is 225 g/mol. The number of hydrogen-bond donors (Lipinski definition) is 2. The molecule has 0 spiro atoms. The Hall–Kier alpha value is -0.810. The van der Waals surface area contributed by atoms with E-state index in [9.17, 15) is 4.79 Å². The average Bonchev–Trinajstić information content (AvgIpc) is 2.50. The van der Waals surface area contributed by atoms with Gasteiger partial charge in [-0.2, -0.15) is 0 Å². The lowest BCUT2D eigenvalue weighted by molar-refractivity contribution is 0.534. The summed E-state index contributed by atoms with van der Waals surface area (Å²) in [5, 5.41) is 1.18. The van der Waals surface area contributed by atoms with Crippen LogP contribution in [0.25, 0.3) is 0 Å². The van der Waals surface area contributed by atoms with Crippen molar-refractivity contribution in [1.82, 2.24) is 9.97 Å². The Morgan fingerprint density at radius 1 is 1.60 bits per heavy atom. The third-order valence-corrected chi connectivity index (χ3v) is 4.36. The molecule has 3 unspecified atom stereocenters. The molecule has 0 saturated heterocycles. The summed E-state index contributed by atoms with van der Waals surface area (Å²) in [5.74, 6) is 0.487. The summed E-state index contributed by atoms with van der Waals surface area (Å²) in [6, 6.07) is 1.71. The number of H-pyrrole nitrogens is 1. The molecule has 3 atom stereocenters. The summed E-state index contributed by atoms with van der Waals surface area (Å²) in [6.45, 7) is 2.16. The zero-order valence-electron chi connectivity index (χ0n) is 8.64. The third kappa shape index (κ3) is 2.41. The standard InChI is InChI=1S/C10H15N3OS/c1-6-7(11)2-3-8(6)15-10-12-5-4-9(14)13-10/h4-8H,2-3,11H2,1H3,(H,12,13,14). The van der Waals surface area contributed by atoms with Crippen molar-refractivity contribution < 1.29 is 0 Å². The molecule has 0 aromatic carbocycles. The van der Waals surface area contributed by atoms with Crippen molar-refractivity contribution in [1.29, 1.82) is 0 Å². The smallest absolute Gasteiger partial charge is 0.251 e. The summed E-state index contributed by atoms with van der Waals surface area (Å²) in [5.41, 5.74) is 5.85. The first-order valence-corrected chi connectivity index (χ1v) is 6.02. The highest BCUT2D eigenvalue weighted by atomic mass is 32.2. The molecule has 0 aliphatic heterocycles. The number of aromatic nitrogens is 2. The van der Waals surface area contributed by atoms with E-state index in [0.717, 1.165) is 12.8 Å². The molecule has 1 heterocycles. The van der Waals surface area contributed by atoms with Gasteiger partial charge in [0, 0.05) is 23.6 Å². The summed E-state index contributed by atoms with van der Waals surface area (Å²) >= 11 is 1.63. The Kier molecular flexibility index (Phi) is 3.11. The zero-order chi connectivity index (χ0) is 10.8. The Labute approximate surface area is 92.7 Å². The maximum absolute atomic E-state index is 11.1. The van der Waals surface area contributed by atoms with Crippen molar-refractivity contribution in [3.8, 4) is 0 Å². The molecule has 5 heteroatoms. The molecule has 0 amide bonds. The second kappa shape index (κ2) is 4.37. The predicted octanol–water partition coefficient (Wildman–Crippen LogP) is 0.988. The Balaban J connectivity index is 2.06. The van der Waals surface area contributed by atoms with Crippen LogP contribution in [-0.2, 0) is 0 Å². The van der Waals surface area contributed by atoms with E-state index in [2.05, 4.69) is 16.9 Å². The van der Waals surface area contributed by atoms with Gasteiger partial charge in [-0.3, -0.25) is 4.79 Å². The quantitative estimate of drug-likeness (QED) is 0.736. The highest BCUT2D eigenvalue weighted by Gasteiger charge is 2.31. The van der Waals surface area contributed by atoms with E-state index in [-0.39, 0.29) is 11.6 Å². The molecular weight excluding hydrogens is 210 g/mol. The molecule has 3 N–H and O–H groups in total. The van der Waals surface area contributed by atoms with E-state index in [0.29, 0.717) is 16.3 Å². The minimum atomic E-state index is -0.0950. The molecule has 1 aromatic rings. The van der Waals surface area contributed by atoms with E-state index in [1.807, 2.05) is 0 Å². The van der Waals surface area contributed by atoms with Crippen molar-refractivity contribution >= 4 is 11.8 Å². The fourth-order valence-electron chi connectivity index (χ4n) is 1.88. The summed E-state index contributed by atoms with van der Waals surface area (Å²) in [6.07, 6.45) is 3.71. The molecular formula is C10H15N3OS. The first kappa shape index (κ1) is 10.7. The highest BCUT2D eigenvalue weighted by Crippen LogP contribution is 2.36. The van der Waals surface area contributed by atoms with Crippen LogP contribution in [0.2, 0.25) is 0 Å². The first-order chi connectivity index (χ1) is 7.16. The van der Waals surface area contributed by atoms with Crippen LogP contribution in [-0.4, -0.2) is 21.3 Å². The lowest BCUT2D eigenvalue weighted by Crippen LogP contribution is -2.26. The Morgan fingerprint density at radius 3 is 3.00 bits per heavy atom. The second-order valence-corrected chi connectivity index (χ2v) is 5.22. The fourth-order valence-corrected chi connectivity index (χ4v) is 3.12. The van der Waals surface area contributed by atoms with Gasteiger partial charge in [0.1, 0.15) is 0 Å². The molecule has 0 bridgehead atoms. The first-order valence-electron chi connectivity index (χ1n) is 5.14. The molecule has 1 saturated carbocycles. The predicted molar refractivity (Wildman–Crippen MR) is 60.9 cm³/mol. The zero-order valence-corrected chi connectivity index (χ0v) is 9.46. The number of aromatic amines is 1. The van der Waals surface area contributed by atoms with Crippen molar-refractivity contribution in [2.45, 2.75) is 36.2 Å². The molecule has 82 valence electrons. The molecule has 1 aromatic heterocycles. The third-order valence-electron chi connectivity index (χ3n) is 2.96. The molecule has 1 fully saturated rings. The lowest BCUT2D eigenvalue weighted by atomic mass is 10.1. The number of rotatable bonds is 2. The molecule has 0 radical (unpaired) electrons. The maximum Gasteiger partial charge on any atom is 0.251 e. The summed E-state index contributed by atoms with van der Waals surface area (Å²) in [4.78, 5) is 17.9. The van der Waals surface area contributed by atoms with Crippen molar-refractivity contribution in [3.05, 3.63) is 22.6 Å². The maximum atomic E-state index is 11.1. The van der Waals surface area contributed by atoms with Gasteiger partial charge in [0.2, 0.25) is 0 Å². The van der Waals surface area contributed by atoms with E-state index in [1.54, 1.807) is 18.0 Å². The number of nitrogens with two attached hydrogens (primary N) is 1. The normalized spacial score (nSPS) is 30.7. The van der Waals surface area contributed by atoms with E-state index >= 15 is 0 Å². The number of thioether (sulfide) groups is 1. The van der Waals surface area contributed by atoms with Gasteiger partial charge in [0.25, 0.3) is 5.56 Å². The van der Waals surface area contributed by atoms with Gasteiger partial charge in [-0.15, -0.1) is 0 Å². The summed E-state index contributed by atoms with van der Waals surface area (Å²) in [7, 11) is 0. The van der Waals surface area contributed by atoms with Crippen LogP contribution in [0.3, 0.4) is 0 Å². The van der Waals surface area contributed by atoms with Crippen molar-refractivity contribution in [3.63, 3.8) is 0 Å². The van der Waals surface area contributed by atoms with Gasteiger partial charge in [-0.05, 0) is 18.8 Å². The van der Waals surface area contributed by atoms with E-state index < -0.39 is 0 Å². The largest absolute Gasteiger partial charge is 0.327 e. The van der Waals surface area contributed by atoms with Crippen LogP contribution in [0.1, 0.15) is 19.8 Å². The van der Waals surface area contributed by atoms with E-state index in [1.165, 1.54) is 6.07 Å².